The minimum absolute atomic E-state index is 0.214. The molecule has 0 spiro atoms. The average molecular weight is 366 g/mol. The van der Waals surface area contributed by atoms with Gasteiger partial charge < -0.3 is 14.1 Å². The van der Waals surface area contributed by atoms with Gasteiger partial charge >= 0.3 is 5.97 Å². The monoisotopic (exact) mass is 366 g/mol. The predicted octanol–water partition coefficient (Wildman–Crippen LogP) is 3.50. The van der Waals surface area contributed by atoms with E-state index in [0.717, 1.165) is 31.0 Å². The Bertz CT molecular complexity index is 946. The van der Waals surface area contributed by atoms with Crippen molar-refractivity contribution >= 4 is 5.97 Å². The maximum Gasteiger partial charge on any atom is 0.336 e. The van der Waals surface area contributed by atoms with Gasteiger partial charge in [0, 0.05) is 12.6 Å². The third kappa shape index (κ3) is 3.50. The van der Waals surface area contributed by atoms with E-state index < -0.39 is 5.97 Å². The number of hydrogen-bond acceptors (Lipinski definition) is 5. The lowest BCUT2D eigenvalue weighted by Gasteiger charge is -2.34. The molecule has 0 unspecified atom stereocenters. The van der Waals surface area contributed by atoms with Gasteiger partial charge in [-0.1, -0.05) is 24.6 Å². The summed E-state index contributed by atoms with van der Waals surface area (Å²) in [7, 11) is 1.97. The average Bonchev–Trinajstić information content (AvgIpc) is 3.31. The second-order valence-corrected chi connectivity index (χ2v) is 6.90. The number of aryl methyl sites for hydroxylation is 1. The summed E-state index contributed by atoms with van der Waals surface area (Å²) < 4.78 is 7.98. The Morgan fingerprint density at radius 3 is 2.89 bits per heavy atom. The first-order valence-corrected chi connectivity index (χ1v) is 9.13. The van der Waals surface area contributed by atoms with Crippen molar-refractivity contribution in [2.75, 3.05) is 6.54 Å². The zero-order valence-electron chi connectivity index (χ0n) is 15.2. The summed E-state index contributed by atoms with van der Waals surface area (Å²) in [5.74, 6) is 1.41. The molecule has 7 heteroatoms. The molecule has 1 fully saturated rings. The standard InChI is InChI=1S/C20H22N4O3/c1-23-13-21-22-19(23)17-8-4-5-11-24(17)12-14-9-10-18(27-14)15-6-2-3-7-16(15)20(25)26/h2-3,6-7,9-10,13,17H,4-5,8,11-12H2,1H3,(H,25,26)/t17-/m0/s1. The molecule has 1 aliphatic heterocycles. The van der Waals surface area contributed by atoms with Crippen LogP contribution in [0.3, 0.4) is 0 Å². The van der Waals surface area contributed by atoms with Gasteiger partial charge in [0.05, 0.1) is 18.2 Å². The molecule has 27 heavy (non-hydrogen) atoms. The smallest absolute Gasteiger partial charge is 0.336 e. The Morgan fingerprint density at radius 1 is 1.26 bits per heavy atom. The zero-order chi connectivity index (χ0) is 18.8. The maximum atomic E-state index is 11.5. The highest BCUT2D eigenvalue weighted by Gasteiger charge is 2.28. The van der Waals surface area contributed by atoms with Crippen molar-refractivity contribution in [3.05, 3.63) is 59.9 Å². The number of furan rings is 1. The Hall–Kier alpha value is -2.93. The molecule has 2 aromatic heterocycles. The topological polar surface area (TPSA) is 84.4 Å². The van der Waals surface area contributed by atoms with Gasteiger partial charge in [-0.2, -0.15) is 0 Å². The molecular weight excluding hydrogens is 344 g/mol. The Balaban J connectivity index is 1.57. The number of aromatic carboxylic acids is 1. The number of aromatic nitrogens is 3. The summed E-state index contributed by atoms with van der Waals surface area (Å²) in [6, 6.07) is 10.9. The molecule has 140 valence electrons. The first-order valence-electron chi connectivity index (χ1n) is 9.13. The second kappa shape index (κ2) is 7.36. The SMILES string of the molecule is Cn1cnnc1[C@@H]1CCCCN1Cc1ccc(-c2ccccc2C(=O)O)o1. The fourth-order valence-corrected chi connectivity index (χ4v) is 3.76. The maximum absolute atomic E-state index is 11.5. The lowest BCUT2D eigenvalue weighted by molar-refractivity contribution is 0.0697. The summed E-state index contributed by atoms with van der Waals surface area (Å²) in [4.78, 5) is 13.8. The quantitative estimate of drug-likeness (QED) is 0.744. The molecule has 0 radical (unpaired) electrons. The number of carboxylic acid groups (broad SMARTS) is 1. The molecule has 3 aromatic rings. The number of piperidine rings is 1. The normalized spacial score (nSPS) is 17.9. The third-order valence-corrected chi connectivity index (χ3v) is 5.10. The minimum Gasteiger partial charge on any atom is -0.478 e. The van der Waals surface area contributed by atoms with Crippen molar-refractivity contribution in [1.82, 2.24) is 19.7 Å². The molecule has 0 bridgehead atoms. The van der Waals surface area contributed by atoms with E-state index in [0.29, 0.717) is 17.9 Å². The number of likely N-dealkylation sites (tertiary alicyclic amines) is 1. The van der Waals surface area contributed by atoms with Crippen LogP contribution in [0.4, 0.5) is 0 Å². The number of carboxylic acids is 1. The number of carbonyl (C=O) groups is 1. The molecule has 7 nitrogen and oxygen atoms in total. The molecule has 0 saturated carbocycles. The molecule has 1 aliphatic rings. The summed E-state index contributed by atoms with van der Waals surface area (Å²) in [6.45, 7) is 1.63. The van der Waals surface area contributed by atoms with Gasteiger partial charge in [0.15, 0.2) is 0 Å². The fraction of sp³-hybridized carbons (Fsp3) is 0.350. The minimum atomic E-state index is -0.957. The van der Waals surface area contributed by atoms with Crippen molar-refractivity contribution in [3.63, 3.8) is 0 Å². The van der Waals surface area contributed by atoms with E-state index in [1.165, 1.54) is 6.42 Å². The van der Waals surface area contributed by atoms with Crippen molar-refractivity contribution in [1.29, 1.82) is 0 Å². The van der Waals surface area contributed by atoms with Gasteiger partial charge in [0.1, 0.15) is 23.7 Å². The van der Waals surface area contributed by atoms with E-state index >= 15 is 0 Å². The first-order chi connectivity index (χ1) is 13.1. The molecule has 0 amide bonds. The Kier molecular flexibility index (Phi) is 4.77. The molecule has 1 aromatic carbocycles. The van der Waals surface area contributed by atoms with E-state index in [2.05, 4.69) is 15.1 Å². The third-order valence-electron chi connectivity index (χ3n) is 5.10. The fourth-order valence-electron chi connectivity index (χ4n) is 3.76. The molecule has 1 atom stereocenters. The molecular formula is C20H22N4O3. The van der Waals surface area contributed by atoms with E-state index in [-0.39, 0.29) is 11.6 Å². The molecule has 1 saturated heterocycles. The van der Waals surface area contributed by atoms with Crippen molar-refractivity contribution < 1.29 is 14.3 Å². The van der Waals surface area contributed by atoms with Crippen LogP contribution in [0.15, 0.2) is 47.1 Å². The van der Waals surface area contributed by atoms with E-state index in [4.69, 9.17) is 4.42 Å². The van der Waals surface area contributed by atoms with E-state index in [1.807, 2.05) is 29.8 Å². The summed E-state index contributed by atoms with van der Waals surface area (Å²) in [5, 5.41) is 17.7. The number of hydrogen-bond donors (Lipinski definition) is 1. The highest BCUT2D eigenvalue weighted by atomic mass is 16.4. The summed E-state index contributed by atoms with van der Waals surface area (Å²) in [6.07, 6.45) is 5.09. The van der Waals surface area contributed by atoms with Crippen LogP contribution in [0.1, 0.15) is 47.2 Å². The molecule has 1 N–H and O–H groups in total. The van der Waals surface area contributed by atoms with Gasteiger partial charge in [-0.05, 0) is 37.6 Å². The van der Waals surface area contributed by atoms with E-state index in [1.54, 1.807) is 24.5 Å². The number of rotatable bonds is 5. The number of nitrogens with zero attached hydrogens (tertiary/aromatic N) is 4. The van der Waals surface area contributed by atoms with Crippen molar-refractivity contribution in [2.45, 2.75) is 31.8 Å². The van der Waals surface area contributed by atoms with Crippen molar-refractivity contribution in [3.8, 4) is 11.3 Å². The van der Waals surface area contributed by atoms with Gasteiger partial charge in [0.25, 0.3) is 0 Å². The van der Waals surface area contributed by atoms with Crippen LogP contribution in [0, 0.1) is 0 Å². The molecule has 3 heterocycles. The predicted molar refractivity (Wildman–Crippen MR) is 99.1 cm³/mol. The lowest BCUT2D eigenvalue weighted by atomic mass is 10.0. The molecule has 4 rings (SSSR count). The Morgan fingerprint density at radius 2 is 2.11 bits per heavy atom. The highest BCUT2D eigenvalue weighted by molar-refractivity contribution is 5.95. The lowest BCUT2D eigenvalue weighted by Crippen LogP contribution is -2.34. The van der Waals surface area contributed by atoms with Crippen LogP contribution in [0.2, 0.25) is 0 Å². The summed E-state index contributed by atoms with van der Waals surface area (Å²) >= 11 is 0. The van der Waals surface area contributed by atoms with Crippen LogP contribution in [0.5, 0.6) is 0 Å². The van der Waals surface area contributed by atoms with E-state index in [9.17, 15) is 9.90 Å². The summed E-state index contributed by atoms with van der Waals surface area (Å²) in [5.41, 5.74) is 0.841. The van der Waals surface area contributed by atoms with Gasteiger partial charge in [-0.25, -0.2) is 4.79 Å². The van der Waals surface area contributed by atoms with Crippen LogP contribution in [-0.4, -0.2) is 37.3 Å². The van der Waals surface area contributed by atoms with Crippen molar-refractivity contribution in [2.24, 2.45) is 7.05 Å². The van der Waals surface area contributed by atoms with Gasteiger partial charge in [0.2, 0.25) is 0 Å². The first kappa shape index (κ1) is 17.5. The highest BCUT2D eigenvalue weighted by Crippen LogP contribution is 2.32. The number of benzene rings is 1. The van der Waals surface area contributed by atoms with Crippen LogP contribution < -0.4 is 0 Å². The largest absolute Gasteiger partial charge is 0.478 e. The van der Waals surface area contributed by atoms with Crippen LogP contribution in [-0.2, 0) is 13.6 Å². The molecule has 0 aliphatic carbocycles. The zero-order valence-corrected chi connectivity index (χ0v) is 15.2. The van der Waals surface area contributed by atoms with Crippen LogP contribution in [0.25, 0.3) is 11.3 Å². The van der Waals surface area contributed by atoms with Gasteiger partial charge in [-0.15, -0.1) is 10.2 Å². The van der Waals surface area contributed by atoms with Gasteiger partial charge in [-0.3, -0.25) is 4.90 Å². The Labute approximate surface area is 157 Å². The van der Waals surface area contributed by atoms with Crippen LogP contribution >= 0.6 is 0 Å². The second-order valence-electron chi connectivity index (χ2n) is 6.90.